The highest BCUT2D eigenvalue weighted by Crippen LogP contribution is 2.21. The average Bonchev–Trinajstić information content (AvgIpc) is 2.33. The lowest BCUT2D eigenvalue weighted by Gasteiger charge is -2.38. The van der Waals surface area contributed by atoms with Gasteiger partial charge in [-0.15, -0.1) is 0 Å². The largest absolute Gasteiger partial charge is 0.508 e. The van der Waals surface area contributed by atoms with Crippen LogP contribution in [0.2, 0.25) is 0 Å². The number of phenolic OH excluding ortho intramolecular Hbond substituents is 1. The van der Waals surface area contributed by atoms with Gasteiger partial charge in [0.1, 0.15) is 5.75 Å². The van der Waals surface area contributed by atoms with E-state index in [-0.39, 0.29) is 11.7 Å². The number of aromatic hydroxyl groups is 1. The smallest absolute Gasteiger partial charge is 0.265 e. The van der Waals surface area contributed by atoms with Crippen molar-refractivity contribution in [2.45, 2.75) is 52.1 Å². The Balaban J connectivity index is 2.11. The second kappa shape index (κ2) is 5.61. The molecule has 1 aliphatic heterocycles. The van der Waals surface area contributed by atoms with Gasteiger partial charge in [0, 0.05) is 17.6 Å². The molecule has 0 spiro atoms. The fourth-order valence-electron chi connectivity index (χ4n) is 2.72. The van der Waals surface area contributed by atoms with E-state index in [1.807, 2.05) is 6.92 Å². The maximum Gasteiger partial charge on any atom is 0.265 e. The van der Waals surface area contributed by atoms with Crippen molar-refractivity contribution in [3.8, 4) is 5.75 Å². The minimum absolute atomic E-state index is 0.0990. The molecule has 1 saturated heterocycles. The average molecular weight is 262 g/mol. The maximum absolute atomic E-state index is 12.3. The van der Waals surface area contributed by atoms with E-state index >= 15 is 0 Å². The van der Waals surface area contributed by atoms with Crippen LogP contribution in [-0.4, -0.2) is 28.1 Å². The summed E-state index contributed by atoms with van der Waals surface area (Å²) in [6, 6.07) is 5.55. The predicted octanol–water partition coefficient (Wildman–Crippen LogP) is 2.61. The first-order chi connectivity index (χ1) is 8.99. The van der Waals surface area contributed by atoms with Crippen molar-refractivity contribution in [1.82, 2.24) is 10.4 Å². The Morgan fingerprint density at radius 2 is 1.95 bits per heavy atom. The van der Waals surface area contributed by atoms with Crippen LogP contribution in [-0.2, 0) is 0 Å². The highest BCUT2D eigenvalue weighted by atomic mass is 16.3. The van der Waals surface area contributed by atoms with Crippen LogP contribution in [0.5, 0.6) is 5.75 Å². The van der Waals surface area contributed by atoms with Gasteiger partial charge < -0.3 is 5.11 Å². The Labute approximate surface area is 114 Å². The van der Waals surface area contributed by atoms with E-state index in [0.717, 1.165) is 18.4 Å². The van der Waals surface area contributed by atoms with Gasteiger partial charge in [0.05, 0.1) is 0 Å². The molecule has 2 unspecified atom stereocenters. The standard InChI is InChI=1S/C15H22N2O2/c1-10-9-13(18)7-8-14(10)15(19)16-17-11(2)5-4-6-12(17)3/h7-9,11-12,18H,4-6H2,1-3H3,(H,16,19). The Bertz CT molecular complexity index is 463. The summed E-state index contributed by atoms with van der Waals surface area (Å²) < 4.78 is 0. The monoisotopic (exact) mass is 262 g/mol. The Hall–Kier alpha value is -1.55. The number of rotatable bonds is 2. The van der Waals surface area contributed by atoms with Gasteiger partial charge >= 0.3 is 0 Å². The van der Waals surface area contributed by atoms with Crippen LogP contribution in [0.1, 0.15) is 49.0 Å². The number of aryl methyl sites for hydroxylation is 1. The zero-order valence-electron chi connectivity index (χ0n) is 11.8. The van der Waals surface area contributed by atoms with Gasteiger partial charge in [0.25, 0.3) is 5.91 Å². The third-order valence-corrected chi connectivity index (χ3v) is 3.88. The fraction of sp³-hybridized carbons (Fsp3) is 0.533. The number of hydrogen-bond acceptors (Lipinski definition) is 3. The summed E-state index contributed by atoms with van der Waals surface area (Å²) >= 11 is 0. The van der Waals surface area contributed by atoms with Crippen molar-refractivity contribution in [2.75, 3.05) is 0 Å². The van der Waals surface area contributed by atoms with Gasteiger partial charge in [-0.2, -0.15) is 0 Å². The molecule has 0 aliphatic carbocycles. The molecular weight excluding hydrogens is 240 g/mol. The highest BCUT2D eigenvalue weighted by molar-refractivity contribution is 5.95. The minimum Gasteiger partial charge on any atom is -0.508 e. The van der Waals surface area contributed by atoms with Crippen LogP contribution in [0, 0.1) is 6.92 Å². The molecule has 104 valence electrons. The van der Waals surface area contributed by atoms with Crippen LogP contribution < -0.4 is 5.43 Å². The lowest BCUT2D eigenvalue weighted by molar-refractivity contribution is 0.0369. The first kappa shape index (κ1) is 13.9. The SMILES string of the molecule is Cc1cc(O)ccc1C(=O)NN1C(C)CCCC1C. The molecule has 0 saturated carbocycles. The van der Waals surface area contributed by atoms with Crippen molar-refractivity contribution in [2.24, 2.45) is 0 Å². The number of nitrogens with one attached hydrogen (secondary N) is 1. The zero-order valence-corrected chi connectivity index (χ0v) is 11.8. The molecule has 1 fully saturated rings. The number of nitrogens with zero attached hydrogens (tertiary/aromatic N) is 1. The van der Waals surface area contributed by atoms with Gasteiger partial charge in [-0.1, -0.05) is 6.42 Å². The summed E-state index contributed by atoms with van der Waals surface area (Å²) in [4.78, 5) is 12.3. The fourth-order valence-corrected chi connectivity index (χ4v) is 2.72. The molecule has 2 atom stereocenters. The summed E-state index contributed by atoms with van der Waals surface area (Å²) in [6.07, 6.45) is 3.44. The lowest BCUT2D eigenvalue weighted by Crippen LogP contribution is -2.54. The summed E-state index contributed by atoms with van der Waals surface area (Å²) in [5, 5.41) is 11.4. The summed E-state index contributed by atoms with van der Waals surface area (Å²) in [5.41, 5.74) is 4.41. The van der Waals surface area contributed by atoms with Gasteiger partial charge in [0.15, 0.2) is 0 Å². The molecular formula is C15H22N2O2. The Morgan fingerprint density at radius 3 is 2.53 bits per heavy atom. The Kier molecular flexibility index (Phi) is 4.10. The van der Waals surface area contributed by atoms with Crippen molar-refractivity contribution in [1.29, 1.82) is 0 Å². The third kappa shape index (κ3) is 3.07. The molecule has 4 heteroatoms. The van der Waals surface area contributed by atoms with Gasteiger partial charge in [-0.3, -0.25) is 10.2 Å². The van der Waals surface area contributed by atoms with Crippen molar-refractivity contribution >= 4 is 5.91 Å². The molecule has 0 bridgehead atoms. The molecule has 0 aromatic heterocycles. The number of hydrazine groups is 1. The summed E-state index contributed by atoms with van der Waals surface area (Å²) in [7, 11) is 0. The van der Waals surface area contributed by atoms with Crippen LogP contribution in [0.3, 0.4) is 0 Å². The molecule has 2 rings (SSSR count). The van der Waals surface area contributed by atoms with E-state index in [1.165, 1.54) is 6.42 Å². The van der Waals surface area contributed by atoms with E-state index in [0.29, 0.717) is 17.6 Å². The van der Waals surface area contributed by atoms with E-state index in [4.69, 9.17) is 0 Å². The van der Waals surface area contributed by atoms with Crippen molar-refractivity contribution in [3.63, 3.8) is 0 Å². The first-order valence-electron chi connectivity index (χ1n) is 6.88. The lowest BCUT2D eigenvalue weighted by atomic mass is 9.99. The topological polar surface area (TPSA) is 52.6 Å². The minimum atomic E-state index is -0.0990. The van der Waals surface area contributed by atoms with E-state index in [1.54, 1.807) is 18.2 Å². The van der Waals surface area contributed by atoms with Crippen molar-refractivity contribution < 1.29 is 9.90 Å². The molecule has 4 nitrogen and oxygen atoms in total. The van der Waals surface area contributed by atoms with Crippen LogP contribution >= 0.6 is 0 Å². The zero-order chi connectivity index (χ0) is 14.0. The second-order valence-electron chi connectivity index (χ2n) is 5.48. The number of amides is 1. The third-order valence-electron chi connectivity index (χ3n) is 3.88. The number of phenols is 1. The molecule has 1 aromatic rings. The van der Waals surface area contributed by atoms with Crippen LogP contribution in [0.4, 0.5) is 0 Å². The first-order valence-corrected chi connectivity index (χ1v) is 6.88. The number of carbonyl (C=O) groups excluding carboxylic acids is 1. The predicted molar refractivity (Wildman–Crippen MR) is 74.9 cm³/mol. The molecule has 1 aliphatic rings. The Morgan fingerprint density at radius 1 is 1.32 bits per heavy atom. The van der Waals surface area contributed by atoms with Gasteiger partial charge in [-0.05, 0) is 57.4 Å². The maximum atomic E-state index is 12.3. The molecule has 1 heterocycles. The molecule has 0 radical (unpaired) electrons. The number of carbonyl (C=O) groups is 1. The van der Waals surface area contributed by atoms with Gasteiger partial charge in [0.2, 0.25) is 0 Å². The molecule has 1 aromatic carbocycles. The molecule has 1 amide bonds. The van der Waals surface area contributed by atoms with E-state index < -0.39 is 0 Å². The number of hydrogen-bond donors (Lipinski definition) is 2. The number of piperidine rings is 1. The number of benzene rings is 1. The molecule has 2 N–H and O–H groups in total. The summed E-state index contributed by atoms with van der Waals surface area (Å²) in [5.74, 6) is 0.0897. The molecule has 19 heavy (non-hydrogen) atoms. The highest BCUT2D eigenvalue weighted by Gasteiger charge is 2.26. The normalized spacial score (nSPS) is 24.2. The van der Waals surface area contributed by atoms with Crippen molar-refractivity contribution in [3.05, 3.63) is 29.3 Å². The van der Waals surface area contributed by atoms with Gasteiger partial charge in [-0.25, -0.2) is 5.01 Å². The van der Waals surface area contributed by atoms with Crippen LogP contribution in [0.15, 0.2) is 18.2 Å². The van der Waals surface area contributed by atoms with E-state index in [2.05, 4.69) is 24.3 Å². The van der Waals surface area contributed by atoms with E-state index in [9.17, 15) is 9.90 Å². The summed E-state index contributed by atoms with van der Waals surface area (Å²) in [6.45, 7) is 6.11. The van der Waals surface area contributed by atoms with Crippen LogP contribution in [0.25, 0.3) is 0 Å². The second-order valence-corrected chi connectivity index (χ2v) is 5.48. The quantitative estimate of drug-likeness (QED) is 0.861.